The minimum absolute atomic E-state index is 0.227. The average molecular weight is 252 g/mol. The highest BCUT2D eigenvalue weighted by molar-refractivity contribution is 14.1. The molecule has 0 saturated carbocycles. The van der Waals surface area contributed by atoms with Crippen LogP contribution in [0.2, 0.25) is 0 Å². The molecule has 0 spiro atoms. The Morgan fingerprint density at radius 2 is 2.40 bits per heavy atom. The van der Waals surface area contributed by atoms with E-state index < -0.39 is 0 Å². The summed E-state index contributed by atoms with van der Waals surface area (Å²) in [5.41, 5.74) is 5.76. The largest absolute Gasteiger partial charge is 0.326 e. The van der Waals surface area contributed by atoms with Crippen molar-refractivity contribution in [3.05, 3.63) is 27.3 Å². The Labute approximate surface area is 71.8 Å². The molecular formula is C6H6FIN2. The van der Waals surface area contributed by atoms with Crippen molar-refractivity contribution in [1.29, 1.82) is 0 Å². The van der Waals surface area contributed by atoms with E-state index in [1.807, 2.05) is 22.6 Å². The molecular weight excluding hydrogens is 246 g/mol. The van der Waals surface area contributed by atoms with Crippen molar-refractivity contribution in [1.82, 2.24) is 4.98 Å². The summed E-state index contributed by atoms with van der Waals surface area (Å²) in [6.07, 6.45) is 1.18. The lowest BCUT2D eigenvalue weighted by Crippen LogP contribution is -2.00. The summed E-state index contributed by atoms with van der Waals surface area (Å²) in [5.74, 6) is -0.331. The van der Waals surface area contributed by atoms with E-state index in [1.54, 1.807) is 6.07 Å². The van der Waals surface area contributed by atoms with E-state index in [0.29, 0.717) is 5.56 Å². The molecule has 0 bridgehead atoms. The van der Waals surface area contributed by atoms with Crippen molar-refractivity contribution < 1.29 is 4.39 Å². The maximum Gasteiger partial charge on any atom is 0.146 e. The minimum Gasteiger partial charge on any atom is -0.326 e. The number of hydrogen-bond donors (Lipinski definition) is 1. The van der Waals surface area contributed by atoms with E-state index in [1.165, 1.54) is 6.20 Å². The van der Waals surface area contributed by atoms with Crippen LogP contribution in [-0.2, 0) is 6.54 Å². The lowest BCUT2D eigenvalue weighted by Gasteiger charge is -1.97. The lowest BCUT2D eigenvalue weighted by molar-refractivity contribution is 0.603. The van der Waals surface area contributed by atoms with Crippen LogP contribution < -0.4 is 5.73 Å². The zero-order chi connectivity index (χ0) is 7.56. The Balaban J connectivity index is 3.09. The standard InChI is InChI=1S/C6H6FIN2/c7-5-3-10-6(8)1-4(5)2-9/h1,3H,2,9H2. The summed E-state index contributed by atoms with van der Waals surface area (Å²) in [6, 6.07) is 1.63. The Bertz CT molecular complexity index is 239. The molecule has 2 N–H and O–H groups in total. The van der Waals surface area contributed by atoms with Crippen LogP contribution in [0.5, 0.6) is 0 Å². The van der Waals surface area contributed by atoms with Gasteiger partial charge in [0.05, 0.1) is 6.20 Å². The van der Waals surface area contributed by atoms with Crippen LogP contribution in [0.3, 0.4) is 0 Å². The quantitative estimate of drug-likeness (QED) is 0.604. The average Bonchev–Trinajstić information content (AvgIpc) is 1.94. The first-order valence-corrected chi connectivity index (χ1v) is 3.82. The molecule has 0 aromatic carbocycles. The topological polar surface area (TPSA) is 38.9 Å². The third-order valence-corrected chi connectivity index (χ3v) is 1.71. The van der Waals surface area contributed by atoms with Crippen LogP contribution in [-0.4, -0.2) is 4.98 Å². The second-order valence-electron chi connectivity index (χ2n) is 1.80. The number of hydrogen-bond acceptors (Lipinski definition) is 2. The summed E-state index contributed by atoms with van der Waals surface area (Å²) in [6.45, 7) is 0.227. The highest BCUT2D eigenvalue weighted by atomic mass is 127. The van der Waals surface area contributed by atoms with Crippen molar-refractivity contribution in [2.24, 2.45) is 5.73 Å². The third kappa shape index (κ3) is 1.63. The Hall–Kier alpha value is -0.230. The molecule has 0 atom stereocenters. The molecule has 0 fully saturated rings. The highest BCUT2D eigenvalue weighted by Gasteiger charge is 1.99. The van der Waals surface area contributed by atoms with Gasteiger partial charge in [0.1, 0.15) is 9.52 Å². The van der Waals surface area contributed by atoms with Gasteiger partial charge < -0.3 is 5.73 Å². The zero-order valence-corrected chi connectivity index (χ0v) is 7.30. The van der Waals surface area contributed by atoms with Gasteiger partial charge in [-0.2, -0.15) is 0 Å². The number of rotatable bonds is 1. The van der Waals surface area contributed by atoms with E-state index >= 15 is 0 Å². The smallest absolute Gasteiger partial charge is 0.146 e. The molecule has 1 aromatic rings. The van der Waals surface area contributed by atoms with Crippen molar-refractivity contribution in [3.8, 4) is 0 Å². The molecule has 0 radical (unpaired) electrons. The lowest BCUT2D eigenvalue weighted by atomic mass is 10.3. The molecule has 0 amide bonds. The van der Waals surface area contributed by atoms with Crippen molar-refractivity contribution in [2.45, 2.75) is 6.54 Å². The van der Waals surface area contributed by atoms with Crippen molar-refractivity contribution in [3.63, 3.8) is 0 Å². The molecule has 0 aliphatic heterocycles. The molecule has 0 aliphatic carbocycles. The van der Waals surface area contributed by atoms with Crippen LogP contribution in [0.4, 0.5) is 4.39 Å². The highest BCUT2D eigenvalue weighted by Crippen LogP contribution is 2.07. The Morgan fingerprint density at radius 3 is 2.90 bits per heavy atom. The summed E-state index contributed by atoms with van der Waals surface area (Å²) >= 11 is 2.01. The van der Waals surface area contributed by atoms with E-state index in [-0.39, 0.29) is 12.4 Å². The molecule has 54 valence electrons. The first kappa shape index (κ1) is 7.87. The SMILES string of the molecule is NCc1cc(I)ncc1F. The van der Waals surface area contributed by atoms with Gasteiger partial charge in [0, 0.05) is 12.1 Å². The van der Waals surface area contributed by atoms with Gasteiger partial charge in [0.15, 0.2) is 0 Å². The molecule has 10 heavy (non-hydrogen) atoms. The van der Waals surface area contributed by atoms with Crippen LogP contribution in [0.25, 0.3) is 0 Å². The van der Waals surface area contributed by atoms with Gasteiger partial charge in [-0.3, -0.25) is 0 Å². The van der Waals surface area contributed by atoms with Gasteiger partial charge in [0.25, 0.3) is 0 Å². The van der Waals surface area contributed by atoms with Crippen LogP contribution in [0.15, 0.2) is 12.3 Å². The molecule has 2 nitrogen and oxygen atoms in total. The summed E-state index contributed by atoms with van der Waals surface area (Å²) in [7, 11) is 0. The van der Waals surface area contributed by atoms with Gasteiger partial charge >= 0.3 is 0 Å². The predicted molar refractivity (Wildman–Crippen MR) is 44.8 cm³/mol. The molecule has 1 aromatic heterocycles. The maximum absolute atomic E-state index is 12.6. The molecule has 1 heterocycles. The van der Waals surface area contributed by atoms with Crippen LogP contribution >= 0.6 is 22.6 Å². The molecule has 0 saturated heterocycles. The second-order valence-corrected chi connectivity index (χ2v) is 2.91. The van der Waals surface area contributed by atoms with E-state index in [9.17, 15) is 4.39 Å². The van der Waals surface area contributed by atoms with Gasteiger partial charge in [-0.25, -0.2) is 9.37 Å². The van der Waals surface area contributed by atoms with Gasteiger partial charge in [0.2, 0.25) is 0 Å². The molecule has 0 unspecified atom stereocenters. The number of nitrogens with zero attached hydrogens (tertiary/aromatic N) is 1. The normalized spacial score (nSPS) is 9.90. The molecule has 0 aliphatic rings. The van der Waals surface area contributed by atoms with Crippen molar-refractivity contribution in [2.75, 3.05) is 0 Å². The van der Waals surface area contributed by atoms with Gasteiger partial charge in [-0.05, 0) is 28.7 Å². The van der Waals surface area contributed by atoms with Gasteiger partial charge in [-0.15, -0.1) is 0 Å². The van der Waals surface area contributed by atoms with E-state index in [4.69, 9.17) is 5.73 Å². The maximum atomic E-state index is 12.6. The first-order chi connectivity index (χ1) is 4.74. The van der Waals surface area contributed by atoms with E-state index in [2.05, 4.69) is 4.98 Å². The predicted octanol–water partition coefficient (Wildman–Crippen LogP) is 1.28. The van der Waals surface area contributed by atoms with Gasteiger partial charge in [-0.1, -0.05) is 0 Å². The van der Waals surface area contributed by atoms with Crippen LogP contribution in [0, 0.1) is 9.52 Å². The molecule has 1 rings (SSSR count). The number of nitrogens with two attached hydrogens (primary N) is 1. The third-order valence-electron chi connectivity index (χ3n) is 1.12. The fourth-order valence-electron chi connectivity index (χ4n) is 0.608. The summed E-state index contributed by atoms with van der Waals surface area (Å²) < 4.78 is 13.4. The Morgan fingerprint density at radius 1 is 1.70 bits per heavy atom. The zero-order valence-electron chi connectivity index (χ0n) is 5.14. The number of aromatic nitrogens is 1. The first-order valence-electron chi connectivity index (χ1n) is 2.74. The molecule has 4 heteroatoms. The minimum atomic E-state index is -0.331. The summed E-state index contributed by atoms with van der Waals surface area (Å²) in [4.78, 5) is 3.74. The fraction of sp³-hybridized carbons (Fsp3) is 0.167. The number of halogens is 2. The Kier molecular flexibility index (Phi) is 2.56. The number of pyridine rings is 1. The summed E-state index contributed by atoms with van der Waals surface area (Å²) in [5, 5.41) is 0. The fourth-order valence-corrected chi connectivity index (χ4v) is 1.12. The van der Waals surface area contributed by atoms with Crippen molar-refractivity contribution >= 4 is 22.6 Å². The monoisotopic (exact) mass is 252 g/mol. The van der Waals surface area contributed by atoms with E-state index in [0.717, 1.165) is 3.70 Å². The van der Waals surface area contributed by atoms with Crippen LogP contribution in [0.1, 0.15) is 5.56 Å². The second kappa shape index (κ2) is 3.25.